The minimum Gasteiger partial charge on any atom is -0.352 e. The monoisotopic (exact) mass is 366 g/mol. The molecule has 0 bridgehead atoms. The van der Waals surface area contributed by atoms with Gasteiger partial charge in [0.25, 0.3) is 0 Å². The van der Waals surface area contributed by atoms with E-state index in [1.54, 1.807) is 36.4 Å². The largest absolute Gasteiger partial charge is 0.352 e. The van der Waals surface area contributed by atoms with Crippen LogP contribution in [0.3, 0.4) is 0 Å². The molecule has 0 radical (unpaired) electrons. The molecule has 5 nitrogen and oxygen atoms in total. The molecular formula is C17H19ClN2O3S. The second-order valence-corrected chi connectivity index (χ2v) is 7.76. The Kier molecular flexibility index (Phi) is 6.23. The molecule has 0 unspecified atom stereocenters. The van der Waals surface area contributed by atoms with Crippen molar-refractivity contribution in [1.82, 2.24) is 5.32 Å². The zero-order chi connectivity index (χ0) is 17.6. The standard InChI is InChI=1S/C17H19ClN2O3S/c1-20(15-8-3-2-4-9-15)24(22,23)12-11-17(21)19-13-14-7-5-6-10-16(14)18/h2-10H,11-13H2,1H3,(H,19,21). The van der Waals surface area contributed by atoms with Crippen LogP contribution in [0.25, 0.3) is 0 Å². The Morgan fingerprint density at radius 2 is 1.71 bits per heavy atom. The normalized spacial score (nSPS) is 11.1. The molecule has 0 heterocycles. The van der Waals surface area contributed by atoms with Crippen LogP contribution in [-0.2, 0) is 21.4 Å². The first-order chi connectivity index (χ1) is 11.4. The number of benzene rings is 2. The first-order valence-corrected chi connectivity index (χ1v) is 9.40. The molecule has 2 aromatic carbocycles. The Labute approximate surface area is 147 Å². The summed E-state index contributed by atoms with van der Waals surface area (Å²) in [5.74, 6) is -0.591. The van der Waals surface area contributed by atoms with Gasteiger partial charge in [0.15, 0.2) is 0 Å². The lowest BCUT2D eigenvalue weighted by molar-refractivity contribution is -0.120. The predicted octanol–water partition coefficient (Wildman–Crippen LogP) is 2.81. The summed E-state index contributed by atoms with van der Waals surface area (Å²) in [7, 11) is -2.07. The highest BCUT2D eigenvalue weighted by Crippen LogP contribution is 2.16. The average molecular weight is 367 g/mol. The van der Waals surface area contributed by atoms with Crippen LogP contribution in [0.5, 0.6) is 0 Å². The third kappa shape index (κ3) is 4.97. The summed E-state index contributed by atoms with van der Waals surface area (Å²) < 4.78 is 25.8. The molecule has 0 aliphatic rings. The van der Waals surface area contributed by atoms with Crippen molar-refractivity contribution in [2.75, 3.05) is 17.1 Å². The zero-order valence-electron chi connectivity index (χ0n) is 13.3. The molecule has 2 rings (SSSR count). The van der Waals surface area contributed by atoms with Crippen molar-refractivity contribution in [1.29, 1.82) is 0 Å². The van der Waals surface area contributed by atoms with Crippen LogP contribution in [-0.4, -0.2) is 27.1 Å². The molecule has 0 fully saturated rings. The molecule has 2 aromatic rings. The highest BCUT2D eigenvalue weighted by Gasteiger charge is 2.19. The van der Waals surface area contributed by atoms with Crippen molar-refractivity contribution < 1.29 is 13.2 Å². The van der Waals surface area contributed by atoms with Crippen LogP contribution in [0.15, 0.2) is 54.6 Å². The summed E-state index contributed by atoms with van der Waals surface area (Å²) in [5.41, 5.74) is 1.35. The molecule has 0 saturated carbocycles. The number of nitrogens with zero attached hydrogens (tertiary/aromatic N) is 1. The fourth-order valence-electron chi connectivity index (χ4n) is 2.08. The SMILES string of the molecule is CN(c1ccccc1)S(=O)(=O)CCC(=O)NCc1ccccc1Cl. The van der Waals surface area contributed by atoms with E-state index in [0.29, 0.717) is 10.7 Å². The molecule has 7 heteroatoms. The van der Waals surface area contributed by atoms with Gasteiger partial charge in [-0.25, -0.2) is 8.42 Å². The molecule has 0 spiro atoms. The number of rotatable bonds is 7. The second-order valence-electron chi connectivity index (χ2n) is 5.24. The quantitative estimate of drug-likeness (QED) is 0.819. The van der Waals surface area contributed by atoms with E-state index in [-0.39, 0.29) is 24.6 Å². The van der Waals surface area contributed by atoms with E-state index >= 15 is 0 Å². The number of carbonyl (C=O) groups excluding carboxylic acids is 1. The number of hydrogen-bond acceptors (Lipinski definition) is 3. The number of hydrogen-bond donors (Lipinski definition) is 1. The van der Waals surface area contributed by atoms with Gasteiger partial charge < -0.3 is 5.32 Å². The number of sulfonamides is 1. The maximum Gasteiger partial charge on any atom is 0.235 e. The van der Waals surface area contributed by atoms with E-state index in [1.165, 1.54) is 11.4 Å². The lowest BCUT2D eigenvalue weighted by atomic mass is 10.2. The Morgan fingerprint density at radius 3 is 2.38 bits per heavy atom. The van der Waals surface area contributed by atoms with E-state index < -0.39 is 10.0 Å². The molecule has 24 heavy (non-hydrogen) atoms. The van der Waals surface area contributed by atoms with Gasteiger partial charge in [-0.15, -0.1) is 0 Å². The third-order valence-corrected chi connectivity index (χ3v) is 5.69. The van der Waals surface area contributed by atoms with Gasteiger partial charge in [0.1, 0.15) is 0 Å². The summed E-state index contributed by atoms with van der Waals surface area (Å²) in [5, 5.41) is 3.25. The molecule has 0 aliphatic heterocycles. The molecule has 128 valence electrons. The van der Waals surface area contributed by atoms with Gasteiger partial charge in [0.05, 0.1) is 11.4 Å². The Balaban J connectivity index is 1.87. The Hall–Kier alpha value is -2.05. The Bertz CT molecular complexity index is 794. The molecule has 0 aromatic heterocycles. The van der Waals surface area contributed by atoms with E-state index in [9.17, 15) is 13.2 Å². The first kappa shape index (κ1) is 18.3. The van der Waals surface area contributed by atoms with Crippen molar-refractivity contribution in [3.8, 4) is 0 Å². The van der Waals surface area contributed by atoms with Gasteiger partial charge in [-0.05, 0) is 23.8 Å². The fraction of sp³-hybridized carbons (Fsp3) is 0.235. The fourth-order valence-corrected chi connectivity index (χ4v) is 3.44. The average Bonchev–Trinajstić information content (AvgIpc) is 2.59. The second kappa shape index (κ2) is 8.17. The number of carbonyl (C=O) groups is 1. The van der Waals surface area contributed by atoms with Gasteiger partial charge in [-0.1, -0.05) is 48.0 Å². The van der Waals surface area contributed by atoms with Crippen molar-refractivity contribution in [3.63, 3.8) is 0 Å². The number of amides is 1. The van der Waals surface area contributed by atoms with Crippen LogP contribution in [0.2, 0.25) is 5.02 Å². The van der Waals surface area contributed by atoms with Crippen molar-refractivity contribution in [2.45, 2.75) is 13.0 Å². The zero-order valence-corrected chi connectivity index (χ0v) is 14.8. The topological polar surface area (TPSA) is 66.5 Å². The van der Waals surface area contributed by atoms with Gasteiger partial charge in [0, 0.05) is 25.0 Å². The van der Waals surface area contributed by atoms with Crippen molar-refractivity contribution in [3.05, 3.63) is 65.2 Å². The maximum atomic E-state index is 12.3. The first-order valence-electron chi connectivity index (χ1n) is 7.42. The number of halogens is 1. The summed E-state index contributed by atoms with van der Waals surface area (Å²) >= 11 is 6.01. The summed E-state index contributed by atoms with van der Waals surface area (Å²) in [6, 6.07) is 15.9. The number of anilines is 1. The van der Waals surface area contributed by atoms with Crippen LogP contribution in [0.4, 0.5) is 5.69 Å². The highest BCUT2D eigenvalue weighted by molar-refractivity contribution is 7.92. The number of nitrogens with one attached hydrogen (secondary N) is 1. The lowest BCUT2D eigenvalue weighted by Crippen LogP contribution is -2.32. The highest BCUT2D eigenvalue weighted by atomic mass is 35.5. The predicted molar refractivity (Wildman–Crippen MR) is 96.5 cm³/mol. The molecular weight excluding hydrogens is 348 g/mol. The van der Waals surface area contributed by atoms with Crippen LogP contribution in [0.1, 0.15) is 12.0 Å². The summed E-state index contributed by atoms with van der Waals surface area (Å²) in [4.78, 5) is 11.9. The maximum absolute atomic E-state index is 12.3. The summed E-state index contributed by atoms with van der Waals surface area (Å²) in [6.45, 7) is 0.271. The minimum atomic E-state index is -3.55. The molecule has 0 aliphatic carbocycles. The Morgan fingerprint density at radius 1 is 1.08 bits per heavy atom. The summed E-state index contributed by atoms with van der Waals surface area (Å²) in [6.07, 6.45) is -0.107. The molecule has 0 atom stereocenters. The smallest absolute Gasteiger partial charge is 0.235 e. The van der Waals surface area contributed by atoms with Gasteiger partial charge >= 0.3 is 0 Å². The van der Waals surface area contributed by atoms with Crippen molar-refractivity contribution in [2.24, 2.45) is 0 Å². The van der Waals surface area contributed by atoms with Crippen LogP contribution >= 0.6 is 11.6 Å². The lowest BCUT2D eigenvalue weighted by Gasteiger charge is -2.19. The molecule has 1 N–H and O–H groups in total. The van der Waals surface area contributed by atoms with Gasteiger partial charge in [0.2, 0.25) is 15.9 Å². The van der Waals surface area contributed by atoms with E-state index in [1.807, 2.05) is 18.2 Å². The van der Waals surface area contributed by atoms with E-state index in [2.05, 4.69) is 5.32 Å². The molecule has 1 amide bonds. The van der Waals surface area contributed by atoms with Gasteiger partial charge in [-0.3, -0.25) is 9.10 Å². The third-order valence-electron chi connectivity index (χ3n) is 3.56. The van der Waals surface area contributed by atoms with E-state index in [4.69, 9.17) is 11.6 Å². The van der Waals surface area contributed by atoms with Gasteiger partial charge in [-0.2, -0.15) is 0 Å². The van der Waals surface area contributed by atoms with Crippen LogP contribution in [0, 0.1) is 0 Å². The number of para-hydroxylation sites is 1. The van der Waals surface area contributed by atoms with E-state index in [0.717, 1.165) is 5.56 Å². The van der Waals surface area contributed by atoms with Crippen LogP contribution < -0.4 is 9.62 Å². The molecule has 0 saturated heterocycles. The van der Waals surface area contributed by atoms with Crippen molar-refractivity contribution >= 4 is 33.2 Å². The minimum absolute atomic E-state index is 0.107.